The van der Waals surface area contributed by atoms with Gasteiger partial charge < -0.3 is 9.40 Å². The predicted octanol–water partition coefficient (Wildman–Crippen LogP) is 10.2. The van der Waals surface area contributed by atoms with Crippen LogP contribution >= 0.6 is 0 Å². The van der Waals surface area contributed by atoms with Crippen molar-refractivity contribution in [3.63, 3.8) is 0 Å². The van der Waals surface area contributed by atoms with E-state index in [1.165, 1.54) is 49.7 Å². The zero-order valence-corrected chi connectivity index (χ0v) is 20.6. The number of para-hydroxylation sites is 2. The number of aromatic nitrogens is 1. The molecule has 0 atom stereocenters. The molecule has 8 rings (SSSR count). The second-order valence-electron chi connectivity index (χ2n) is 9.87. The highest BCUT2D eigenvalue weighted by molar-refractivity contribution is 6.13. The molecule has 2 heterocycles. The lowest BCUT2D eigenvalue weighted by molar-refractivity contribution is 0.669. The normalized spacial score (nSPS) is 11.7. The fourth-order valence-corrected chi connectivity index (χ4v) is 5.74. The van der Waals surface area contributed by atoms with E-state index in [0.717, 1.165) is 27.5 Å². The Labute approximate surface area is 219 Å². The highest BCUT2D eigenvalue weighted by Gasteiger charge is 2.13. The number of hydrogen-bond donors (Lipinski definition) is 1. The van der Waals surface area contributed by atoms with E-state index >= 15 is 0 Å². The molecule has 178 valence electrons. The van der Waals surface area contributed by atoms with Crippen LogP contribution in [0.2, 0.25) is 0 Å². The van der Waals surface area contributed by atoms with Crippen LogP contribution in [0.15, 0.2) is 138 Å². The van der Waals surface area contributed by atoms with E-state index in [1.807, 2.05) is 12.1 Å². The van der Waals surface area contributed by atoms with E-state index in [4.69, 9.17) is 4.42 Å². The van der Waals surface area contributed by atoms with Crippen LogP contribution in [0.25, 0.3) is 77.1 Å². The Morgan fingerprint density at radius 3 is 2.00 bits per heavy atom. The number of aromatic amines is 1. The number of H-pyrrole nitrogens is 1. The standard InChI is InChI=1S/C36H23NO/c1-2-8-23(9-3-1)25-16-18-33-31(21-25)30-14-7-13-28(36(30)37-33)27-11-6-10-24(20-27)26-17-19-35-32(22-26)29-12-4-5-15-34(29)38-35/h1-22,37H. The lowest BCUT2D eigenvalue weighted by Gasteiger charge is -2.08. The van der Waals surface area contributed by atoms with Gasteiger partial charge in [-0.3, -0.25) is 0 Å². The summed E-state index contributed by atoms with van der Waals surface area (Å²) >= 11 is 0. The molecule has 6 aromatic carbocycles. The van der Waals surface area contributed by atoms with Crippen LogP contribution in [-0.4, -0.2) is 4.98 Å². The summed E-state index contributed by atoms with van der Waals surface area (Å²) in [6.07, 6.45) is 0. The molecule has 0 fully saturated rings. The summed E-state index contributed by atoms with van der Waals surface area (Å²) in [5, 5.41) is 4.79. The third-order valence-electron chi connectivity index (χ3n) is 7.62. The minimum absolute atomic E-state index is 0.920. The van der Waals surface area contributed by atoms with E-state index in [-0.39, 0.29) is 0 Å². The Morgan fingerprint density at radius 1 is 0.395 bits per heavy atom. The Kier molecular flexibility index (Phi) is 4.55. The van der Waals surface area contributed by atoms with Gasteiger partial charge in [0.05, 0.1) is 5.52 Å². The quantitative estimate of drug-likeness (QED) is 0.265. The molecule has 0 aliphatic carbocycles. The molecule has 0 saturated heterocycles. The first kappa shape index (κ1) is 21.0. The molecule has 0 bridgehead atoms. The molecular formula is C36H23NO. The number of fused-ring (bicyclic) bond motifs is 6. The molecule has 8 aromatic rings. The van der Waals surface area contributed by atoms with Gasteiger partial charge in [-0.15, -0.1) is 0 Å². The van der Waals surface area contributed by atoms with Crippen LogP contribution in [0, 0.1) is 0 Å². The summed E-state index contributed by atoms with van der Waals surface area (Å²) in [7, 11) is 0. The largest absolute Gasteiger partial charge is 0.456 e. The summed E-state index contributed by atoms with van der Waals surface area (Å²) in [6, 6.07) is 47.4. The summed E-state index contributed by atoms with van der Waals surface area (Å²) < 4.78 is 6.05. The van der Waals surface area contributed by atoms with E-state index in [1.54, 1.807) is 0 Å². The molecule has 0 radical (unpaired) electrons. The van der Waals surface area contributed by atoms with Gasteiger partial charge in [0.2, 0.25) is 0 Å². The maximum absolute atomic E-state index is 6.05. The van der Waals surface area contributed by atoms with Gasteiger partial charge in [-0.1, -0.05) is 97.1 Å². The predicted molar refractivity (Wildman–Crippen MR) is 159 cm³/mol. The maximum atomic E-state index is 6.05. The number of furan rings is 1. The molecule has 2 nitrogen and oxygen atoms in total. The Hall–Kier alpha value is -5.08. The Bertz CT molecular complexity index is 2130. The third-order valence-corrected chi connectivity index (χ3v) is 7.62. The van der Waals surface area contributed by atoms with E-state index in [2.05, 4.69) is 126 Å². The van der Waals surface area contributed by atoms with Crippen LogP contribution in [0.4, 0.5) is 0 Å². The van der Waals surface area contributed by atoms with Crippen LogP contribution < -0.4 is 0 Å². The van der Waals surface area contributed by atoms with Crippen molar-refractivity contribution in [2.24, 2.45) is 0 Å². The highest BCUT2D eigenvalue weighted by Crippen LogP contribution is 2.37. The van der Waals surface area contributed by atoms with Crippen LogP contribution in [-0.2, 0) is 0 Å². The molecular weight excluding hydrogens is 462 g/mol. The minimum atomic E-state index is 0.920. The molecule has 2 heteroatoms. The lowest BCUT2D eigenvalue weighted by atomic mass is 9.96. The van der Waals surface area contributed by atoms with Gasteiger partial charge in [-0.05, 0) is 64.2 Å². The van der Waals surface area contributed by atoms with Gasteiger partial charge in [-0.25, -0.2) is 0 Å². The van der Waals surface area contributed by atoms with Crippen LogP contribution in [0.3, 0.4) is 0 Å². The van der Waals surface area contributed by atoms with Crippen molar-refractivity contribution in [1.82, 2.24) is 4.98 Å². The summed E-state index contributed by atoms with van der Waals surface area (Å²) in [5.74, 6) is 0. The zero-order chi connectivity index (χ0) is 25.1. The average Bonchev–Trinajstić information content (AvgIpc) is 3.55. The van der Waals surface area contributed by atoms with Crippen molar-refractivity contribution in [2.75, 3.05) is 0 Å². The van der Waals surface area contributed by atoms with Crippen molar-refractivity contribution < 1.29 is 4.42 Å². The van der Waals surface area contributed by atoms with Gasteiger partial charge in [0.15, 0.2) is 0 Å². The zero-order valence-electron chi connectivity index (χ0n) is 20.6. The number of hydrogen-bond acceptors (Lipinski definition) is 1. The third kappa shape index (κ3) is 3.28. The van der Waals surface area contributed by atoms with Gasteiger partial charge in [0, 0.05) is 32.6 Å². The fraction of sp³-hybridized carbons (Fsp3) is 0. The van der Waals surface area contributed by atoms with Gasteiger partial charge >= 0.3 is 0 Å². The van der Waals surface area contributed by atoms with Crippen molar-refractivity contribution in [1.29, 1.82) is 0 Å². The maximum Gasteiger partial charge on any atom is 0.135 e. The molecule has 0 aliphatic rings. The summed E-state index contributed by atoms with van der Waals surface area (Å²) in [4.78, 5) is 3.71. The SMILES string of the molecule is c1ccc(-c2ccc3[nH]c4c(-c5cccc(-c6ccc7oc8ccccc8c7c6)c5)cccc4c3c2)cc1. The number of rotatable bonds is 3. The number of nitrogens with one attached hydrogen (secondary N) is 1. The van der Waals surface area contributed by atoms with Gasteiger partial charge in [-0.2, -0.15) is 0 Å². The molecule has 2 aromatic heterocycles. The first-order valence-electron chi connectivity index (χ1n) is 12.9. The molecule has 0 unspecified atom stereocenters. The molecule has 0 spiro atoms. The first-order chi connectivity index (χ1) is 18.8. The van der Waals surface area contributed by atoms with E-state index < -0.39 is 0 Å². The molecule has 0 amide bonds. The summed E-state index contributed by atoms with van der Waals surface area (Å²) in [6.45, 7) is 0. The van der Waals surface area contributed by atoms with E-state index in [9.17, 15) is 0 Å². The Balaban J connectivity index is 1.26. The molecule has 0 aliphatic heterocycles. The Morgan fingerprint density at radius 2 is 1.05 bits per heavy atom. The first-order valence-corrected chi connectivity index (χ1v) is 12.9. The highest BCUT2D eigenvalue weighted by atomic mass is 16.3. The summed E-state index contributed by atoms with van der Waals surface area (Å²) in [5.41, 5.74) is 11.4. The monoisotopic (exact) mass is 485 g/mol. The average molecular weight is 486 g/mol. The van der Waals surface area contributed by atoms with Crippen LogP contribution in [0.5, 0.6) is 0 Å². The van der Waals surface area contributed by atoms with Gasteiger partial charge in [0.1, 0.15) is 11.2 Å². The molecule has 1 N–H and O–H groups in total. The lowest BCUT2D eigenvalue weighted by Crippen LogP contribution is -1.83. The van der Waals surface area contributed by atoms with Crippen molar-refractivity contribution in [3.8, 4) is 33.4 Å². The van der Waals surface area contributed by atoms with Crippen LogP contribution in [0.1, 0.15) is 0 Å². The second kappa shape index (κ2) is 8.22. The molecule has 0 saturated carbocycles. The topological polar surface area (TPSA) is 28.9 Å². The minimum Gasteiger partial charge on any atom is -0.456 e. The second-order valence-corrected chi connectivity index (χ2v) is 9.87. The number of benzene rings is 6. The van der Waals surface area contributed by atoms with Crippen molar-refractivity contribution in [3.05, 3.63) is 133 Å². The van der Waals surface area contributed by atoms with Crippen molar-refractivity contribution >= 4 is 43.7 Å². The van der Waals surface area contributed by atoms with Gasteiger partial charge in [0.25, 0.3) is 0 Å². The molecule has 38 heavy (non-hydrogen) atoms. The van der Waals surface area contributed by atoms with E-state index in [0.29, 0.717) is 0 Å². The smallest absolute Gasteiger partial charge is 0.135 e. The fourth-order valence-electron chi connectivity index (χ4n) is 5.74. The van der Waals surface area contributed by atoms with Crippen molar-refractivity contribution in [2.45, 2.75) is 0 Å².